The Balaban J connectivity index is 1.12. The molecule has 8 heteroatoms. The molecule has 0 radical (unpaired) electrons. The average Bonchev–Trinajstić information content (AvgIpc) is 3.40. The van der Waals surface area contributed by atoms with Gasteiger partial charge in [-0.15, -0.1) is 0 Å². The molecule has 1 aromatic rings. The van der Waals surface area contributed by atoms with Crippen molar-refractivity contribution >= 4 is 17.9 Å². The Labute approximate surface area is 232 Å². The number of hydrogen-bond acceptors (Lipinski definition) is 5. The minimum Gasteiger partial charge on any atom is -0.446 e. The van der Waals surface area contributed by atoms with Crippen LogP contribution in [0.2, 0.25) is 0 Å². The van der Waals surface area contributed by atoms with Gasteiger partial charge in [-0.1, -0.05) is 6.92 Å². The highest BCUT2D eigenvalue weighted by Gasteiger charge is 2.48. The fourth-order valence-electron chi connectivity index (χ4n) is 7.46. The minimum atomic E-state index is -0.289. The zero-order valence-corrected chi connectivity index (χ0v) is 23.6. The quantitative estimate of drug-likeness (QED) is 0.418. The Hall–Kier alpha value is -2.35. The van der Waals surface area contributed by atoms with E-state index in [2.05, 4.69) is 18.7 Å². The number of piperidine rings is 1. The number of amides is 2. The zero-order valence-electron chi connectivity index (χ0n) is 23.6. The number of halogens is 1. The fraction of sp³-hybridized carbons (Fsp3) is 0.742. The maximum atomic E-state index is 14.4. The summed E-state index contributed by atoms with van der Waals surface area (Å²) in [6, 6.07) is 5.66. The van der Waals surface area contributed by atoms with Crippen molar-refractivity contribution in [3.8, 4) is 0 Å². The maximum Gasteiger partial charge on any atom is 0.414 e. The molecule has 2 aliphatic carbocycles. The molecule has 6 rings (SSSR count). The fourth-order valence-corrected chi connectivity index (χ4v) is 7.46. The standard InChI is InChI=1S/C31H44FN3O4/c1-3-23(19-24-12-10-21(2)35(24)30(37)39-26-8-5-9-26)33-16-14-31(15-17-33)20-34(29(36)38-25-6-4-7-25)28-13-11-22(32)18-27(28)31/h11,13,18,21,23-26H,3-10,12,14-17,19-20H2,1-2H3. The van der Waals surface area contributed by atoms with Crippen molar-refractivity contribution in [2.45, 2.75) is 127 Å². The molecule has 3 unspecified atom stereocenters. The lowest BCUT2D eigenvalue weighted by Crippen LogP contribution is -2.51. The second kappa shape index (κ2) is 10.9. The van der Waals surface area contributed by atoms with E-state index in [9.17, 15) is 14.0 Å². The van der Waals surface area contributed by atoms with Gasteiger partial charge in [0.25, 0.3) is 0 Å². The highest BCUT2D eigenvalue weighted by atomic mass is 19.1. The molecule has 0 N–H and O–H groups in total. The Kier molecular flexibility index (Phi) is 7.51. The van der Waals surface area contributed by atoms with Crippen LogP contribution < -0.4 is 4.90 Å². The number of rotatable bonds is 6. The van der Waals surface area contributed by atoms with Gasteiger partial charge in [0.15, 0.2) is 0 Å². The smallest absolute Gasteiger partial charge is 0.414 e. The van der Waals surface area contributed by atoms with Gasteiger partial charge in [-0.05, 0) is 121 Å². The first kappa shape index (κ1) is 26.9. The van der Waals surface area contributed by atoms with E-state index in [-0.39, 0.29) is 47.7 Å². The van der Waals surface area contributed by atoms with Crippen molar-refractivity contribution < 1.29 is 23.5 Å². The van der Waals surface area contributed by atoms with Crippen LogP contribution in [0.4, 0.5) is 19.7 Å². The molecule has 3 atom stereocenters. The van der Waals surface area contributed by atoms with Crippen LogP contribution in [0.3, 0.4) is 0 Å². The number of benzene rings is 1. The Morgan fingerprint density at radius 1 is 1.00 bits per heavy atom. The molecular formula is C31H44FN3O4. The van der Waals surface area contributed by atoms with Crippen LogP contribution in [0.25, 0.3) is 0 Å². The van der Waals surface area contributed by atoms with Gasteiger partial charge >= 0.3 is 12.2 Å². The highest BCUT2D eigenvalue weighted by Crippen LogP contribution is 2.48. The largest absolute Gasteiger partial charge is 0.446 e. The van der Waals surface area contributed by atoms with E-state index in [0.29, 0.717) is 12.6 Å². The van der Waals surface area contributed by atoms with Crippen LogP contribution in [0.1, 0.15) is 96.5 Å². The van der Waals surface area contributed by atoms with E-state index < -0.39 is 0 Å². The normalized spacial score (nSPS) is 27.7. The van der Waals surface area contributed by atoms with E-state index in [1.807, 2.05) is 4.90 Å². The summed E-state index contributed by atoms with van der Waals surface area (Å²) in [5, 5.41) is 0. The van der Waals surface area contributed by atoms with Crippen molar-refractivity contribution in [2.75, 3.05) is 24.5 Å². The van der Waals surface area contributed by atoms with Gasteiger partial charge in [0, 0.05) is 30.1 Å². The van der Waals surface area contributed by atoms with Gasteiger partial charge in [0.2, 0.25) is 0 Å². The summed E-state index contributed by atoms with van der Waals surface area (Å²) in [5.41, 5.74) is 1.52. The van der Waals surface area contributed by atoms with Gasteiger partial charge in [-0.2, -0.15) is 0 Å². The molecule has 7 nitrogen and oxygen atoms in total. The topological polar surface area (TPSA) is 62.3 Å². The number of fused-ring (bicyclic) bond motifs is 2. The van der Waals surface area contributed by atoms with Gasteiger partial charge in [-0.25, -0.2) is 14.0 Å². The first-order valence-corrected chi connectivity index (χ1v) is 15.4. The number of carbonyl (C=O) groups is 2. The van der Waals surface area contributed by atoms with Crippen LogP contribution in [0, 0.1) is 5.82 Å². The molecule has 2 amide bonds. The first-order chi connectivity index (χ1) is 18.9. The average molecular weight is 542 g/mol. The third kappa shape index (κ3) is 5.14. The predicted octanol–water partition coefficient (Wildman–Crippen LogP) is 6.38. The third-order valence-corrected chi connectivity index (χ3v) is 10.4. The predicted molar refractivity (Wildman–Crippen MR) is 147 cm³/mol. The number of hydrogen-bond donors (Lipinski definition) is 0. The number of ether oxygens (including phenoxy) is 2. The van der Waals surface area contributed by atoms with E-state index >= 15 is 0 Å². The molecule has 3 heterocycles. The second-order valence-corrected chi connectivity index (χ2v) is 12.7. The van der Waals surface area contributed by atoms with Crippen molar-refractivity contribution in [2.24, 2.45) is 0 Å². The molecule has 3 aliphatic heterocycles. The van der Waals surface area contributed by atoms with Crippen LogP contribution in [-0.4, -0.2) is 72.0 Å². The summed E-state index contributed by atoms with van der Waals surface area (Å²) < 4.78 is 26.0. The lowest BCUT2D eigenvalue weighted by Gasteiger charge is -2.44. The number of likely N-dealkylation sites (tertiary alicyclic amines) is 2. The molecular weight excluding hydrogens is 497 g/mol. The summed E-state index contributed by atoms with van der Waals surface area (Å²) in [6.45, 7) is 6.74. The third-order valence-electron chi connectivity index (χ3n) is 10.4. The van der Waals surface area contributed by atoms with Crippen LogP contribution >= 0.6 is 0 Å². The molecule has 5 aliphatic rings. The molecule has 2 saturated heterocycles. The van der Waals surface area contributed by atoms with E-state index in [4.69, 9.17) is 9.47 Å². The molecule has 1 spiro atoms. The van der Waals surface area contributed by atoms with Crippen LogP contribution in [-0.2, 0) is 14.9 Å². The minimum absolute atomic E-state index is 0.0222. The highest BCUT2D eigenvalue weighted by molar-refractivity contribution is 5.91. The monoisotopic (exact) mass is 541 g/mol. The summed E-state index contributed by atoms with van der Waals surface area (Å²) in [5.74, 6) is -0.250. The molecule has 0 bridgehead atoms. The Morgan fingerprint density at radius 2 is 1.67 bits per heavy atom. The summed E-state index contributed by atoms with van der Waals surface area (Å²) >= 11 is 0. The van der Waals surface area contributed by atoms with Gasteiger partial charge in [-0.3, -0.25) is 4.90 Å². The zero-order chi connectivity index (χ0) is 27.1. The summed E-state index contributed by atoms with van der Waals surface area (Å²) in [7, 11) is 0. The van der Waals surface area contributed by atoms with E-state index in [0.717, 1.165) is 101 Å². The second-order valence-electron chi connectivity index (χ2n) is 12.7. The van der Waals surface area contributed by atoms with E-state index in [1.54, 1.807) is 17.0 Å². The van der Waals surface area contributed by atoms with Crippen LogP contribution in [0.5, 0.6) is 0 Å². The Morgan fingerprint density at radius 3 is 2.28 bits per heavy atom. The Bertz CT molecular complexity index is 1070. The molecule has 214 valence electrons. The van der Waals surface area contributed by atoms with Crippen LogP contribution in [0.15, 0.2) is 18.2 Å². The maximum absolute atomic E-state index is 14.4. The van der Waals surface area contributed by atoms with Crippen molar-refractivity contribution in [3.05, 3.63) is 29.6 Å². The van der Waals surface area contributed by atoms with Gasteiger partial charge in [0.1, 0.15) is 18.0 Å². The van der Waals surface area contributed by atoms with Crippen molar-refractivity contribution in [3.63, 3.8) is 0 Å². The lowest BCUT2D eigenvalue weighted by molar-refractivity contribution is 0.0135. The molecule has 0 aromatic heterocycles. The SMILES string of the molecule is CCC(CC1CCC(C)N1C(=O)OC1CCC1)N1CCC2(CC1)CN(C(=O)OC1CCC1)c1ccc(F)cc12. The molecule has 39 heavy (non-hydrogen) atoms. The number of anilines is 1. The lowest BCUT2D eigenvalue weighted by atomic mass is 9.74. The first-order valence-electron chi connectivity index (χ1n) is 15.4. The number of carbonyl (C=O) groups excluding carboxylic acids is 2. The van der Waals surface area contributed by atoms with Crippen molar-refractivity contribution in [1.82, 2.24) is 9.80 Å². The number of nitrogens with zero attached hydrogens (tertiary/aromatic N) is 3. The van der Waals surface area contributed by atoms with Gasteiger partial charge < -0.3 is 19.3 Å². The van der Waals surface area contributed by atoms with Gasteiger partial charge in [0.05, 0.1) is 5.69 Å². The molecule has 1 aromatic carbocycles. The molecule has 2 saturated carbocycles. The van der Waals surface area contributed by atoms with E-state index in [1.165, 1.54) is 6.07 Å². The summed E-state index contributed by atoms with van der Waals surface area (Å²) in [6.07, 6.45) is 11.6. The summed E-state index contributed by atoms with van der Waals surface area (Å²) in [4.78, 5) is 32.5. The molecule has 4 fully saturated rings. The van der Waals surface area contributed by atoms with Crippen molar-refractivity contribution in [1.29, 1.82) is 0 Å².